The molecule has 0 saturated heterocycles. The van der Waals surface area contributed by atoms with Crippen molar-refractivity contribution in [1.82, 2.24) is 0 Å². The van der Waals surface area contributed by atoms with Gasteiger partial charge in [-0.1, -0.05) is 0 Å². The SMILES string of the molecule is CC(=O)c1c(C)c(C)c(-c2c(C)c(C)c(C(=O)O)c(C)c2C)c(C)c1C.CC(=O)c1c(C)c(C)c(C(=O)O)c(C)c1C.CC(=O)c1c(C)c(C)c2c(C)c(C(=O)O)c(C)c(C)c2c1C. The summed E-state index contributed by atoms with van der Waals surface area (Å²) in [6, 6.07) is 0. The van der Waals surface area contributed by atoms with E-state index >= 15 is 0 Å². The molecule has 0 amide bonds. The maximum atomic E-state index is 12.1. The Hall–Kier alpha value is -6.22. The van der Waals surface area contributed by atoms with Gasteiger partial charge in [0.15, 0.2) is 17.3 Å². The quantitative estimate of drug-likeness (QED) is 0.135. The predicted octanol–water partition coefficient (Wildman–Crippen LogP) is 13.1. The van der Waals surface area contributed by atoms with Gasteiger partial charge in [0.2, 0.25) is 0 Å². The zero-order chi connectivity index (χ0) is 49.6. The largest absolute Gasteiger partial charge is 0.478 e. The average Bonchev–Trinajstić information content (AvgIpc) is 3.17. The fourth-order valence-corrected chi connectivity index (χ4v) is 10.1. The minimum absolute atomic E-state index is 0.0156. The first kappa shape index (κ1) is 52.1. The summed E-state index contributed by atoms with van der Waals surface area (Å²) < 4.78 is 0. The van der Waals surface area contributed by atoms with Crippen molar-refractivity contribution in [2.45, 2.75) is 145 Å². The smallest absolute Gasteiger partial charge is 0.336 e. The van der Waals surface area contributed by atoms with Gasteiger partial charge in [-0.25, -0.2) is 14.4 Å². The van der Waals surface area contributed by atoms with E-state index < -0.39 is 17.9 Å². The molecule has 0 bridgehead atoms. The van der Waals surface area contributed by atoms with Crippen LogP contribution in [0.3, 0.4) is 0 Å². The summed E-state index contributed by atoms with van der Waals surface area (Å²) in [5, 5.41) is 30.3. The van der Waals surface area contributed by atoms with Crippen molar-refractivity contribution in [2.24, 2.45) is 0 Å². The summed E-state index contributed by atoms with van der Waals surface area (Å²) >= 11 is 0. The minimum Gasteiger partial charge on any atom is -0.478 e. The Morgan fingerprint density at radius 2 is 0.391 bits per heavy atom. The van der Waals surface area contributed by atoms with Crippen molar-refractivity contribution in [3.63, 3.8) is 0 Å². The van der Waals surface area contributed by atoms with Gasteiger partial charge in [0.1, 0.15) is 0 Å². The predicted molar refractivity (Wildman–Crippen MR) is 258 cm³/mol. The number of carboxylic acid groups (broad SMARTS) is 3. The molecule has 0 aromatic heterocycles. The van der Waals surface area contributed by atoms with E-state index in [4.69, 9.17) is 5.11 Å². The molecule has 0 aliphatic heterocycles. The number of aromatic carboxylic acids is 3. The van der Waals surface area contributed by atoms with Crippen LogP contribution in [0.1, 0.15) is 183 Å². The van der Waals surface area contributed by atoms with Gasteiger partial charge in [-0.15, -0.1) is 0 Å². The third-order valence-electron chi connectivity index (χ3n) is 14.2. The second-order valence-electron chi connectivity index (χ2n) is 17.6. The molecular weight excluding hydrogens is 805 g/mol. The highest BCUT2D eigenvalue weighted by Gasteiger charge is 2.26. The number of hydrogen-bond acceptors (Lipinski definition) is 6. The lowest BCUT2D eigenvalue weighted by Gasteiger charge is -2.25. The maximum absolute atomic E-state index is 12.1. The maximum Gasteiger partial charge on any atom is 0.336 e. The van der Waals surface area contributed by atoms with Gasteiger partial charge in [-0.3, -0.25) is 14.4 Å². The van der Waals surface area contributed by atoms with E-state index in [-0.39, 0.29) is 17.3 Å². The highest BCUT2D eigenvalue weighted by Crippen LogP contribution is 2.42. The minimum atomic E-state index is -0.934. The first-order valence-electron chi connectivity index (χ1n) is 21.4. The van der Waals surface area contributed by atoms with Crippen LogP contribution in [0.4, 0.5) is 0 Å². The summed E-state index contributed by atoms with van der Waals surface area (Å²) in [6.45, 7) is 39.1. The fourth-order valence-electron chi connectivity index (χ4n) is 10.1. The molecule has 0 aliphatic rings. The first-order chi connectivity index (χ1) is 29.3. The topological polar surface area (TPSA) is 163 Å². The summed E-state index contributed by atoms with van der Waals surface area (Å²) in [7, 11) is 0. The number of aryl methyl sites for hydroxylation is 4. The van der Waals surface area contributed by atoms with Crippen LogP contribution < -0.4 is 0 Å². The van der Waals surface area contributed by atoms with E-state index in [1.54, 1.807) is 41.5 Å². The van der Waals surface area contributed by atoms with Crippen LogP contribution in [0.25, 0.3) is 21.9 Å². The molecule has 340 valence electrons. The molecule has 0 fully saturated rings. The van der Waals surface area contributed by atoms with Gasteiger partial charge in [0, 0.05) is 16.7 Å². The number of carbonyl (C=O) groups excluding carboxylic acids is 3. The Morgan fingerprint density at radius 3 is 0.641 bits per heavy atom. The van der Waals surface area contributed by atoms with Crippen LogP contribution >= 0.6 is 0 Å². The second kappa shape index (κ2) is 19.3. The average molecular weight is 871 g/mol. The number of Topliss-reactive ketones (excluding diaryl/α,β-unsaturated/α-hetero) is 3. The van der Waals surface area contributed by atoms with Crippen molar-refractivity contribution >= 4 is 46.0 Å². The summed E-state index contributed by atoms with van der Waals surface area (Å²) in [5.41, 5.74) is 21.6. The molecule has 0 atom stereocenters. The van der Waals surface area contributed by atoms with E-state index in [1.807, 2.05) is 83.1 Å². The molecule has 3 N–H and O–H groups in total. The van der Waals surface area contributed by atoms with Gasteiger partial charge in [0.05, 0.1) is 16.7 Å². The van der Waals surface area contributed by atoms with E-state index in [2.05, 4.69) is 13.8 Å². The van der Waals surface area contributed by atoms with Crippen LogP contribution in [0, 0.1) is 125 Å². The zero-order valence-electron chi connectivity index (χ0n) is 41.8. The number of benzene rings is 5. The number of ketones is 3. The molecule has 9 nitrogen and oxygen atoms in total. The van der Waals surface area contributed by atoms with Crippen molar-refractivity contribution in [3.8, 4) is 11.1 Å². The highest BCUT2D eigenvalue weighted by atomic mass is 16.4. The number of carboxylic acids is 3. The molecule has 64 heavy (non-hydrogen) atoms. The van der Waals surface area contributed by atoms with Crippen molar-refractivity contribution in [1.29, 1.82) is 0 Å². The lowest BCUT2D eigenvalue weighted by molar-refractivity contribution is 0.0684. The first-order valence-corrected chi connectivity index (χ1v) is 21.4. The normalized spacial score (nSPS) is 10.8. The van der Waals surface area contributed by atoms with Crippen LogP contribution in [-0.2, 0) is 0 Å². The zero-order valence-corrected chi connectivity index (χ0v) is 41.8. The van der Waals surface area contributed by atoms with Crippen LogP contribution in [0.5, 0.6) is 0 Å². The molecule has 0 unspecified atom stereocenters. The lowest BCUT2D eigenvalue weighted by atomic mass is 9.79. The molecule has 5 aromatic carbocycles. The van der Waals surface area contributed by atoms with Crippen molar-refractivity contribution < 1.29 is 44.1 Å². The third kappa shape index (κ3) is 8.82. The lowest BCUT2D eigenvalue weighted by Crippen LogP contribution is -2.12. The van der Waals surface area contributed by atoms with E-state index in [0.717, 1.165) is 122 Å². The number of rotatable bonds is 7. The van der Waals surface area contributed by atoms with E-state index in [1.165, 1.54) is 6.92 Å². The molecular formula is C55H66O9. The Kier molecular flexibility index (Phi) is 15.7. The number of hydrogen-bond donors (Lipinski definition) is 3. The number of carbonyl (C=O) groups is 6. The molecule has 0 heterocycles. The van der Waals surface area contributed by atoms with E-state index in [0.29, 0.717) is 33.4 Å². The second-order valence-corrected chi connectivity index (χ2v) is 17.6. The molecule has 0 spiro atoms. The summed E-state index contributed by atoms with van der Waals surface area (Å²) in [6.07, 6.45) is 0. The Morgan fingerprint density at radius 1 is 0.234 bits per heavy atom. The Bertz CT molecular complexity index is 2620. The monoisotopic (exact) mass is 870 g/mol. The highest BCUT2D eigenvalue weighted by molar-refractivity contribution is 6.09. The van der Waals surface area contributed by atoms with Gasteiger partial charge in [0.25, 0.3) is 0 Å². The van der Waals surface area contributed by atoms with Crippen molar-refractivity contribution in [2.75, 3.05) is 0 Å². The molecule has 9 heteroatoms. The van der Waals surface area contributed by atoms with Gasteiger partial charge in [-0.2, -0.15) is 0 Å². The van der Waals surface area contributed by atoms with Crippen LogP contribution in [0.2, 0.25) is 0 Å². The van der Waals surface area contributed by atoms with Crippen molar-refractivity contribution in [3.05, 3.63) is 134 Å². The molecule has 5 rings (SSSR count). The van der Waals surface area contributed by atoms with Gasteiger partial charge < -0.3 is 15.3 Å². The molecule has 0 saturated carbocycles. The number of fused-ring (bicyclic) bond motifs is 1. The van der Waals surface area contributed by atoms with Gasteiger partial charge in [-0.05, 0) is 267 Å². The fraction of sp³-hybridized carbons (Fsp3) is 0.382. The van der Waals surface area contributed by atoms with Crippen LogP contribution in [-0.4, -0.2) is 50.6 Å². The Balaban J connectivity index is 0.000000263. The molecule has 0 radical (unpaired) electrons. The summed E-state index contributed by atoms with van der Waals surface area (Å²) in [4.78, 5) is 70.2. The third-order valence-corrected chi connectivity index (χ3v) is 14.2. The molecule has 5 aromatic rings. The van der Waals surface area contributed by atoms with Crippen LogP contribution in [0.15, 0.2) is 0 Å². The molecule has 0 aliphatic carbocycles. The standard InChI is InChI=1S/C23H28O3.C19H22O3.C13H16O3/c1-10-12(3)20(13(4)11(2)19(10)18(9)24)21-14(5)16(7)22(23(25)26)17(8)15(21)6;1-8-9(2)17-13(6)18(19(21)22)11(4)10(3)16(17)12(5)15(8)14(7)20;1-6-8(3)12(13(15)16)9(4)7(2)11(6)10(5)14/h1-9H3,(H,25,26);1-7H3,(H,21,22);1-5H3,(H,15,16). The summed E-state index contributed by atoms with van der Waals surface area (Å²) in [5.74, 6) is -2.60. The van der Waals surface area contributed by atoms with E-state index in [9.17, 15) is 39.0 Å². The Labute approximate surface area is 379 Å². The van der Waals surface area contributed by atoms with Gasteiger partial charge >= 0.3 is 17.9 Å².